The van der Waals surface area contributed by atoms with Crippen LogP contribution >= 0.6 is 12.4 Å². The molecule has 0 spiro atoms. The number of amides is 1. The summed E-state index contributed by atoms with van der Waals surface area (Å²) in [5, 5.41) is 6.07. The molecule has 20 heavy (non-hydrogen) atoms. The van der Waals surface area contributed by atoms with Gasteiger partial charge in [0, 0.05) is 13.7 Å². The molecule has 0 bridgehead atoms. The van der Waals surface area contributed by atoms with E-state index in [9.17, 15) is 4.79 Å². The van der Waals surface area contributed by atoms with Crippen molar-refractivity contribution in [2.24, 2.45) is 0 Å². The standard InChI is InChI=1S/C15H24N2O2.ClH/c1-12-6-5-7-13(10-12)15(2,3)17-14(18)11-16-8-9-19-4;/h5-7,10,16H,8-9,11H2,1-4H3,(H,17,18);1H. The van der Waals surface area contributed by atoms with Crippen LogP contribution in [0.4, 0.5) is 0 Å². The molecule has 0 aliphatic heterocycles. The van der Waals surface area contributed by atoms with Crippen LogP contribution in [0.2, 0.25) is 0 Å². The third kappa shape index (κ3) is 6.37. The minimum atomic E-state index is -0.369. The van der Waals surface area contributed by atoms with E-state index in [4.69, 9.17) is 4.74 Å². The van der Waals surface area contributed by atoms with E-state index in [1.807, 2.05) is 39.0 Å². The molecule has 4 nitrogen and oxygen atoms in total. The number of hydrogen-bond acceptors (Lipinski definition) is 3. The normalized spacial score (nSPS) is 10.8. The summed E-state index contributed by atoms with van der Waals surface area (Å²) in [5.41, 5.74) is 1.93. The third-order valence-electron chi connectivity index (χ3n) is 2.96. The minimum Gasteiger partial charge on any atom is -0.383 e. The van der Waals surface area contributed by atoms with Crippen molar-refractivity contribution in [2.75, 3.05) is 26.8 Å². The van der Waals surface area contributed by atoms with Gasteiger partial charge in [-0.15, -0.1) is 12.4 Å². The van der Waals surface area contributed by atoms with Crippen molar-refractivity contribution < 1.29 is 9.53 Å². The van der Waals surface area contributed by atoms with Crippen molar-refractivity contribution in [1.29, 1.82) is 0 Å². The highest BCUT2D eigenvalue weighted by Gasteiger charge is 2.22. The Bertz CT molecular complexity index is 422. The maximum Gasteiger partial charge on any atom is 0.234 e. The summed E-state index contributed by atoms with van der Waals surface area (Å²) in [4.78, 5) is 11.9. The first-order valence-corrected chi connectivity index (χ1v) is 6.53. The van der Waals surface area contributed by atoms with Crippen LogP contribution in [0, 0.1) is 6.92 Å². The van der Waals surface area contributed by atoms with Crippen LogP contribution in [0.1, 0.15) is 25.0 Å². The Kier molecular flexibility index (Phi) is 8.46. The number of rotatable bonds is 7. The Morgan fingerprint density at radius 3 is 2.65 bits per heavy atom. The molecule has 1 rings (SSSR count). The molecule has 0 atom stereocenters. The predicted octanol–water partition coefficient (Wildman–Crippen LogP) is 2.00. The van der Waals surface area contributed by atoms with Gasteiger partial charge < -0.3 is 15.4 Å². The molecule has 1 aromatic carbocycles. The summed E-state index contributed by atoms with van der Waals surface area (Å²) in [6, 6.07) is 8.19. The second-order valence-electron chi connectivity index (χ2n) is 5.21. The summed E-state index contributed by atoms with van der Waals surface area (Å²) in [5.74, 6) is -0.0115. The van der Waals surface area contributed by atoms with Crippen LogP contribution in [0.5, 0.6) is 0 Å². The van der Waals surface area contributed by atoms with Crippen LogP contribution in [0.15, 0.2) is 24.3 Å². The molecule has 0 aromatic heterocycles. The van der Waals surface area contributed by atoms with Gasteiger partial charge in [0.05, 0.1) is 18.7 Å². The first kappa shape index (κ1) is 18.9. The Morgan fingerprint density at radius 2 is 2.05 bits per heavy atom. The van der Waals surface area contributed by atoms with Gasteiger partial charge in [0.15, 0.2) is 0 Å². The van der Waals surface area contributed by atoms with Crippen molar-refractivity contribution in [1.82, 2.24) is 10.6 Å². The molecule has 0 saturated heterocycles. The smallest absolute Gasteiger partial charge is 0.234 e. The maximum atomic E-state index is 11.9. The molecule has 0 saturated carbocycles. The SMILES string of the molecule is COCCNCC(=O)NC(C)(C)c1cccc(C)c1.Cl. The number of carbonyl (C=O) groups excluding carboxylic acids is 1. The Hall–Kier alpha value is -1.10. The van der Waals surface area contributed by atoms with E-state index in [-0.39, 0.29) is 23.9 Å². The largest absolute Gasteiger partial charge is 0.383 e. The minimum absolute atomic E-state index is 0. The lowest BCUT2D eigenvalue weighted by atomic mass is 9.93. The first-order valence-electron chi connectivity index (χ1n) is 6.53. The van der Waals surface area contributed by atoms with Gasteiger partial charge in [0.1, 0.15) is 0 Å². The zero-order valence-electron chi connectivity index (χ0n) is 12.7. The molecule has 0 unspecified atom stereocenters. The van der Waals surface area contributed by atoms with Crippen LogP contribution in [-0.2, 0) is 15.1 Å². The van der Waals surface area contributed by atoms with Crippen molar-refractivity contribution >= 4 is 18.3 Å². The lowest BCUT2D eigenvalue weighted by Crippen LogP contribution is -2.45. The lowest BCUT2D eigenvalue weighted by Gasteiger charge is -2.27. The number of aryl methyl sites for hydroxylation is 1. The number of methoxy groups -OCH3 is 1. The third-order valence-corrected chi connectivity index (χ3v) is 2.96. The number of carbonyl (C=O) groups is 1. The fourth-order valence-corrected chi connectivity index (χ4v) is 1.87. The number of hydrogen-bond donors (Lipinski definition) is 2. The fourth-order valence-electron chi connectivity index (χ4n) is 1.87. The molecule has 0 fully saturated rings. The Morgan fingerprint density at radius 1 is 1.35 bits per heavy atom. The van der Waals surface area contributed by atoms with Crippen molar-refractivity contribution in [3.63, 3.8) is 0 Å². The highest BCUT2D eigenvalue weighted by Crippen LogP contribution is 2.20. The second-order valence-corrected chi connectivity index (χ2v) is 5.21. The maximum absolute atomic E-state index is 11.9. The van der Waals surface area contributed by atoms with E-state index < -0.39 is 0 Å². The van der Waals surface area contributed by atoms with E-state index in [0.717, 1.165) is 5.56 Å². The predicted molar refractivity (Wildman–Crippen MR) is 84.3 cm³/mol. The van der Waals surface area contributed by atoms with E-state index >= 15 is 0 Å². The van der Waals surface area contributed by atoms with Crippen LogP contribution in [0.3, 0.4) is 0 Å². The summed E-state index contributed by atoms with van der Waals surface area (Å²) < 4.78 is 4.91. The average molecular weight is 301 g/mol. The first-order chi connectivity index (χ1) is 8.95. The van der Waals surface area contributed by atoms with Crippen LogP contribution in [0.25, 0.3) is 0 Å². The van der Waals surface area contributed by atoms with Crippen molar-refractivity contribution in [3.8, 4) is 0 Å². The van der Waals surface area contributed by atoms with Crippen molar-refractivity contribution in [2.45, 2.75) is 26.3 Å². The molecule has 1 aromatic rings. The van der Waals surface area contributed by atoms with Crippen LogP contribution < -0.4 is 10.6 Å². The lowest BCUT2D eigenvalue weighted by molar-refractivity contribution is -0.121. The quantitative estimate of drug-likeness (QED) is 0.757. The van der Waals surface area contributed by atoms with Gasteiger partial charge in [-0.3, -0.25) is 4.79 Å². The molecular weight excluding hydrogens is 276 g/mol. The summed E-state index contributed by atoms with van der Waals surface area (Å²) in [6.07, 6.45) is 0. The second kappa shape index (κ2) is 8.95. The molecule has 0 heterocycles. The molecule has 114 valence electrons. The highest BCUT2D eigenvalue weighted by atomic mass is 35.5. The average Bonchev–Trinajstić information content (AvgIpc) is 2.34. The zero-order valence-corrected chi connectivity index (χ0v) is 13.5. The fraction of sp³-hybridized carbons (Fsp3) is 0.533. The molecule has 0 aliphatic rings. The van der Waals surface area contributed by atoms with Gasteiger partial charge in [0.2, 0.25) is 5.91 Å². The van der Waals surface area contributed by atoms with E-state index in [2.05, 4.69) is 16.7 Å². The van der Waals surface area contributed by atoms with Gasteiger partial charge in [-0.05, 0) is 26.3 Å². The molecule has 5 heteroatoms. The van der Waals surface area contributed by atoms with Crippen molar-refractivity contribution in [3.05, 3.63) is 35.4 Å². The molecule has 2 N–H and O–H groups in total. The zero-order chi connectivity index (χ0) is 14.3. The van der Waals surface area contributed by atoms with E-state index in [0.29, 0.717) is 19.7 Å². The van der Waals surface area contributed by atoms with Crippen LogP contribution in [-0.4, -0.2) is 32.7 Å². The summed E-state index contributed by atoms with van der Waals surface area (Å²) in [7, 11) is 1.64. The van der Waals surface area contributed by atoms with Gasteiger partial charge in [-0.1, -0.05) is 29.8 Å². The number of benzene rings is 1. The molecule has 1 amide bonds. The summed E-state index contributed by atoms with van der Waals surface area (Å²) in [6.45, 7) is 7.65. The molecule has 0 radical (unpaired) electrons. The number of nitrogens with one attached hydrogen (secondary N) is 2. The number of ether oxygens (including phenoxy) is 1. The topological polar surface area (TPSA) is 50.4 Å². The van der Waals surface area contributed by atoms with E-state index in [1.165, 1.54) is 5.56 Å². The molecule has 0 aliphatic carbocycles. The Labute approximate surface area is 127 Å². The number of halogens is 1. The molecular formula is C15H25ClN2O2. The monoisotopic (exact) mass is 300 g/mol. The van der Waals surface area contributed by atoms with Gasteiger partial charge in [-0.25, -0.2) is 0 Å². The van der Waals surface area contributed by atoms with Gasteiger partial charge in [-0.2, -0.15) is 0 Å². The van der Waals surface area contributed by atoms with Gasteiger partial charge in [0.25, 0.3) is 0 Å². The Balaban J connectivity index is 0.00000361. The van der Waals surface area contributed by atoms with E-state index in [1.54, 1.807) is 7.11 Å². The van der Waals surface area contributed by atoms with Gasteiger partial charge >= 0.3 is 0 Å². The highest BCUT2D eigenvalue weighted by molar-refractivity contribution is 5.85. The summed E-state index contributed by atoms with van der Waals surface area (Å²) >= 11 is 0.